The van der Waals surface area contributed by atoms with Gasteiger partial charge in [-0.3, -0.25) is 0 Å². The van der Waals surface area contributed by atoms with E-state index in [1.807, 2.05) is 0 Å². The van der Waals surface area contributed by atoms with Crippen molar-refractivity contribution in [2.45, 2.75) is 6.18 Å². The van der Waals surface area contributed by atoms with Crippen LogP contribution in [0.25, 0.3) is 23.0 Å². The number of alkyl halides is 3. The Morgan fingerprint density at radius 1 is 1.00 bits per heavy atom. The fourth-order valence-electron chi connectivity index (χ4n) is 1.84. The van der Waals surface area contributed by atoms with E-state index in [4.69, 9.17) is 16.0 Å². The minimum Gasteiger partial charge on any atom is -0.414 e. The van der Waals surface area contributed by atoms with Crippen LogP contribution in [0.5, 0.6) is 0 Å². The van der Waals surface area contributed by atoms with E-state index in [0.29, 0.717) is 18.3 Å². The van der Waals surface area contributed by atoms with Crippen molar-refractivity contribution in [2.75, 3.05) is 0 Å². The number of aromatic nitrogens is 3. The summed E-state index contributed by atoms with van der Waals surface area (Å²) in [6.45, 7) is 0. The van der Waals surface area contributed by atoms with Gasteiger partial charge in [0.1, 0.15) is 17.3 Å². The monoisotopic (exact) mass is 361 g/mol. The molecule has 0 N–H and O–H groups in total. The third-order valence-corrected chi connectivity index (χ3v) is 3.25. The van der Waals surface area contributed by atoms with Crippen LogP contribution < -0.4 is 0 Å². The van der Waals surface area contributed by atoms with Gasteiger partial charge < -0.3 is 4.42 Å². The van der Waals surface area contributed by atoms with E-state index in [9.17, 15) is 22.0 Å². The summed E-state index contributed by atoms with van der Waals surface area (Å²) in [7, 11) is 0. The summed E-state index contributed by atoms with van der Waals surface area (Å²) in [6.07, 6.45) is -4.05. The maximum absolute atomic E-state index is 13.7. The van der Waals surface area contributed by atoms with Crippen molar-refractivity contribution in [3.8, 4) is 23.0 Å². The third-order valence-electron chi connectivity index (χ3n) is 2.96. The Labute approximate surface area is 135 Å². The fourth-order valence-corrected chi connectivity index (χ4v) is 2.09. The Bertz CT molecular complexity index is 910. The van der Waals surface area contributed by atoms with Gasteiger partial charge in [-0.1, -0.05) is 11.6 Å². The molecule has 0 aliphatic rings. The number of halogens is 6. The Kier molecular flexibility index (Phi) is 3.96. The average molecular weight is 362 g/mol. The van der Waals surface area contributed by atoms with Gasteiger partial charge in [-0.25, -0.2) is 13.8 Å². The van der Waals surface area contributed by atoms with Gasteiger partial charge in [0.2, 0.25) is 0 Å². The van der Waals surface area contributed by atoms with Gasteiger partial charge in [0.25, 0.3) is 11.8 Å². The van der Waals surface area contributed by atoms with E-state index in [0.717, 1.165) is 12.1 Å². The van der Waals surface area contributed by atoms with Crippen LogP contribution in [0.2, 0.25) is 5.02 Å². The highest BCUT2D eigenvalue weighted by Gasteiger charge is 2.32. The van der Waals surface area contributed by atoms with Crippen molar-refractivity contribution in [1.82, 2.24) is 15.2 Å². The van der Waals surface area contributed by atoms with Crippen LogP contribution in [0.3, 0.4) is 0 Å². The molecule has 2 aromatic heterocycles. The van der Waals surface area contributed by atoms with Gasteiger partial charge in [-0.05, 0) is 18.2 Å². The molecule has 124 valence electrons. The number of nitrogens with zero attached hydrogens (tertiary/aromatic N) is 3. The summed E-state index contributed by atoms with van der Waals surface area (Å²) in [5.74, 6) is -2.31. The quantitative estimate of drug-likeness (QED) is 0.618. The third kappa shape index (κ3) is 3.07. The molecule has 0 fully saturated rings. The van der Waals surface area contributed by atoms with Gasteiger partial charge in [0.15, 0.2) is 0 Å². The van der Waals surface area contributed by atoms with E-state index in [-0.39, 0.29) is 28.1 Å². The van der Waals surface area contributed by atoms with Gasteiger partial charge in [0.05, 0.1) is 16.1 Å². The van der Waals surface area contributed by atoms with E-state index >= 15 is 0 Å². The molecule has 3 aromatic rings. The lowest BCUT2D eigenvalue weighted by Crippen LogP contribution is -2.05. The van der Waals surface area contributed by atoms with E-state index in [1.54, 1.807) is 0 Å². The van der Waals surface area contributed by atoms with Crippen molar-refractivity contribution in [2.24, 2.45) is 0 Å². The van der Waals surface area contributed by atoms with Crippen molar-refractivity contribution >= 4 is 11.6 Å². The molecule has 3 rings (SSSR count). The molecule has 2 heterocycles. The zero-order chi connectivity index (χ0) is 17.5. The second-order valence-electron chi connectivity index (χ2n) is 4.59. The standard InChI is InChI=1S/C14H5ClF5N3O/c15-9-3-6(14(18,19)20)5-21-11(9)13-23-22-12(24-13)8-2-1-7(16)4-10(8)17/h1-5H. The molecule has 0 unspecified atom stereocenters. The van der Waals surface area contributed by atoms with Crippen LogP contribution in [0.1, 0.15) is 5.56 Å². The van der Waals surface area contributed by atoms with E-state index < -0.39 is 23.4 Å². The van der Waals surface area contributed by atoms with Crippen molar-refractivity contribution in [3.05, 3.63) is 52.7 Å². The Hall–Kier alpha value is -2.55. The normalized spacial score (nSPS) is 11.8. The van der Waals surface area contributed by atoms with Crippen LogP contribution in [-0.2, 0) is 6.18 Å². The number of pyridine rings is 1. The van der Waals surface area contributed by atoms with E-state index in [2.05, 4.69) is 15.2 Å². The summed E-state index contributed by atoms with van der Waals surface area (Å²) in [5, 5.41) is 6.78. The molecule has 1 aromatic carbocycles. The second kappa shape index (κ2) is 5.82. The number of hydrogen-bond acceptors (Lipinski definition) is 4. The largest absolute Gasteiger partial charge is 0.417 e. The molecular weight excluding hydrogens is 357 g/mol. The summed E-state index contributed by atoms with van der Waals surface area (Å²) < 4.78 is 69.5. The molecule has 0 atom stereocenters. The number of benzene rings is 1. The molecule has 24 heavy (non-hydrogen) atoms. The second-order valence-corrected chi connectivity index (χ2v) is 5.00. The molecule has 10 heteroatoms. The maximum Gasteiger partial charge on any atom is 0.417 e. The summed E-state index contributed by atoms with van der Waals surface area (Å²) in [4.78, 5) is 3.56. The van der Waals surface area contributed by atoms with Crippen LogP contribution in [0.4, 0.5) is 22.0 Å². The first-order valence-electron chi connectivity index (χ1n) is 6.28. The molecule has 0 aliphatic carbocycles. The lowest BCUT2D eigenvalue weighted by Gasteiger charge is -2.07. The summed E-state index contributed by atoms with van der Waals surface area (Å²) in [5.41, 5.74) is -1.40. The highest BCUT2D eigenvalue weighted by Crippen LogP contribution is 2.34. The Balaban J connectivity index is 1.99. The minimum atomic E-state index is -4.60. The smallest absolute Gasteiger partial charge is 0.414 e. The predicted molar refractivity (Wildman–Crippen MR) is 72.9 cm³/mol. The zero-order valence-electron chi connectivity index (χ0n) is 11.4. The van der Waals surface area contributed by atoms with Crippen molar-refractivity contribution in [1.29, 1.82) is 0 Å². The topological polar surface area (TPSA) is 51.8 Å². The first kappa shape index (κ1) is 16.3. The van der Waals surface area contributed by atoms with Crippen molar-refractivity contribution < 1.29 is 26.4 Å². The Morgan fingerprint density at radius 3 is 2.33 bits per heavy atom. The summed E-state index contributed by atoms with van der Waals surface area (Å²) >= 11 is 5.76. The molecular formula is C14H5ClF5N3O. The molecule has 0 saturated carbocycles. The highest BCUT2D eigenvalue weighted by atomic mass is 35.5. The first-order valence-corrected chi connectivity index (χ1v) is 6.65. The van der Waals surface area contributed by atoms with Crippen LogP contribution in [0, 0.1) is 11.6 Å². The molecule has 0 bridgehead atoms. The first-order chi connectivity index (χ1) is 11.3. The minimum absolute atomic E-state index is 0.168. The molecule has 0 radical (unpaired) electrons. The van der Waals surface area contributed by atoms with Gasteiger partial charge in [0, 0.05) is 12.3 Å². The molecule has 4 nitrogen and oxygen atoms in total. The molecule has 0 saturated heterocycles. The highest BCUT2D eigenvalue weighted by molar-refractivity contribution is 6.32. The zero-order valence-corrected chi connectivity index (χ0v) is 12.2. The number of hydrogen-bond donors (Lipinski definition) is 0. The van der Waals surface area contributed by atoms with Gasteiger partial charge in [-0.2, -0.15) is 13.2 Å². The number of rotatable bonds is 2. The van der Waals surface area contributed by atoms with Crippen molar-refractivity contribution in [3.63, 3.8) is 0 Å². The van der Waals surface area contributed by atoms with Crippen LogP contribution >= 0.6 is 11.6 Å². The maximum atomic E-state index is 13.7. The van der Waals surface area contributed by atoms with E-state index in [1.165, 1.54) is 0 Å². The lowest BCUT2D eigenvalue weighted by atomic mass is 10.2. The predicted octanol–water partition coefficient (Wildman–Crippen LogP) is 4.75. The van der Waals surface area contributed by atoms with Crippen LogP contribution in [-0.4, -0.2) is 15.2 Å². The molecule has 0 amide bonds. The average Bonchev–Trinajstić information content (AvgIpc) is 2.95. The van der Waals surface area contributed by atoms with Gasteiger partial charge in [-0.15, -0.1) is 10.2 Å². The summed E-state index contributed by atoms with van der Waals surface area (Å²) in [6, 6.07) is 3.37. The SMILES string of the molecule is Fc1ccc(-c2nnc(-c3ncc(C(F)(F)F)cc3Cl)o2)c(F)c1. The molecule has 0 spiro atoms. The Morgan fingerprint density at radius 2 is 1.71 bits per heavy atom. The van der Waals surface area contributed by atoms with Crippen LogP contribution in [0.15, 0.2) is 34.9 Å². The lowest BCUT2D eigenvalue weighted by molar-refractivity contribution is -0.137. The molecule has 0 aliphatic heterocycles. The van der Waals surface area contributed by atoms with Gasteiger partial charge >= 0.3 is 6.18 Å². The fraction of sp³-hybridized carbons (Fsp3) is 0.0714.